The average Bonchev–Trinajstić information content (AvgIpc) is 2.70. The zero-order valence-electron chi connectivity index (χ0n) is 15.7. The molecule has 0 atom stereocenters. The molecule has 2 aromatic rings. The van der Waals surface area contributed by atoms with Crippen LogP contribution in [0.1, 0.15) is 50.5 Å². The van der Waals surface area contributed by atoms with Gasteiger partial charge in [-0.3, -0.25) is 0 Å². The minimum Gasteiger partial charge on any atom is -0.356 e. The highest BCUT2D eigenvalue weighted by molar-refractivity contribution is 5.71. The van der Waals surface area contributed by atoms with Gasteiger partial charge in [-0.05, 0) is 50.3 Å². The van der Waals surface area contributed by atoms with E-state index in [2.05, 4.69) is 33.2 Å². The Kier molecular flexibility index (Phi) is 5.44. The van der Waals surface area contributed by atoms with Crippen LogP contribution >= 0.6 is 0 Å². The van der Waals surface area contributed by atoms with E-state index in [1.165, 1.54) is 44.9 Å². The number of pyridine rings is 1. The van der Waals surface area contributed by atoms with Gasteiger partial charge in [0, 0.05) is 43.8 Å². The summed E-state index contributed by atoms with van der Waals surface area (Å²) in [7, 11) is 0. The maximum absolute atomic E-state index is 4.74. The van der Waals surface area contributed by atoms with Crippen molar-refractivity contribution >= 4 is 5.82 Å². The Labute approximate surface area is 156 Å². The van der Waals surface area contributed by atoms with E-state index in [9.17, 15) is 0 Å². The third-order valence-corrected chi connectivity index (χ3v) is 5.68. The molecule has 2 aromatic heterocycles. The molecule has 138 valence electrons. The van der Waals surface area contributed by atoms with Gasteiger partial charge >= 0.3 is 0 Å². The van der Waals surface area contributed by atoms with Crippen molar-refractivity contribution in [1.82, 2.24) is 20.3 Å². The normalized spacial score (nSPS) is 19.7. The second kappa shape index (κ2) is 8.12. The summed E-state index contributed by atoms with van der Waals surface area (Å²) in [4.78, 5) is 16.0. The predicted octanol–water partition coefficient (Wildman–Crippen LogP) is 3.74. The first kappa shape index (κ1) is 17.4. The van der Waals surface area contributed by atoms with Gasteiger partial charge in [-0.1, -0.05) is 19.3 Å². The van der Waals surface area contributed by atoms with Crippen LogP contribution in [0.2, 0.25) is 0 Å². The van der Waals surface area contributed by atoms with Gasteiger partial charge < -0.3 is 10.2 Å². The van der Waals surface area contributed by atoms with Gasteiger partial charge in [0.25, 0.3) is 0 Å². The molecule has 1 saturated carbocycles. The highest BCUT2D eigenvalue weighted by Gasteiger charge is 2.25. The van der Waals surface area contributed by atoms with Crippen molar-refractivity contribution in [3.05, 3.63) is 36.3 Å². The number of aromatic nitrogens is 3. The number of hydrogen-bond acceptors (Lipinski definition) is 5. The Balaban J connectivity index is 1.44. The van der Waals surface area contributed by atoms with Gasteiger partial charge in [-0.25, -0.2) is 15.0 Å². The standard InChI is InChI=1S/C21H29N5/c1-16-14-19(20-22-10-5-11-23-20)21(24-15-16)26-12-8-18(9-13-26)25-17-6-3-2-4-7-17/h5,10-11,14-15,17-18,25H,2-4,6-9,12-13H2,1H3. The fourth-order valence-corrected chi connectivity index (χ4v) is 4.28. The Bertz CT molecular complexity index is 704. The van der Waals surface area contributed by atoms with Crippen molar-refractivity contribution in [2.45, 2.75) is 64.0 Å². The van der Waals surface area contributed by atoms with Crippen LogP contribution in [-0.2, 0) is 0 Å². The molecule has 4 rings (SSSR count). The van der Waals surface area contributed by atoms with E-state index in [0.717, 1.165) is 41.9 Å². The molecule has 0 amide bonds. The number of anilines is 1. The first-order chi connectivity index (χ1) is 12.8. The van der Waals surface area contributed by atoms with Crippen LogP contribution in [-0.4, -0.2) is 40.1 Å². The molecule has 2 fully saturated rings. The molecule has 1 aliphatic carbocycles. The van der Waals surface area contributed by atoms with E-state index >= 15 is 0 Å². The topological polar surface area (TPSA) is 53.9 Å². The molecule has 1 saturated heterocycles. The lowest BCUT2D eigenvalue weighted by Gasteiger charge is -2.36. The summed E-state index contributed by atoms with van der Waals surface area (Å²) in [5.74, 6) is 1.79. The van der Waals surface area contributed by atoms with Crippen LogP contribution in [0.15, 0.2) is 30.7 Å². The summed E-state index contributed by atoms with van der Waals surface area (Å²) < 4.78 is 0. The van der Waals surface area contributed by atoms with Gasteiger partial charge in [-0.2, -0.15) is 0 Å². The summed E-state index contributed by atoms with van der Waals surface area (Å²) in [6.45, 7) is 4.16. The maximum Gasteiger partial charge on any atom is 0.162 e. The highest BCUT2D eigenvalue weighted by atomic mass is 15.2. The number of nitrogens with zero attached hydrogens (tertiary/aromatic N) is 4. The van der Waals surface area contributed by atoms with Crippen molar-refractivity contribution in [3.8, 4) is 11.4 Å². The molecule has 1 aliphatic heterocycles. The summed E-state index contributed by atoms with van der Waals surface area (Å²) in [5, 5.41) is 3.91. The Morgan fingerprint density at radius 2 is 1.62 bits per heavy atom. The highest BCUT2D eigenvalue weighted by Crippen LogP contribution is 2.29. The molecular formula is C21H29N5. The van der Waals surface area contributed by atoms with Gasteiger partial charge in [-0.15, -0.1) is 0 Å². The molecule has 0 aromatic carbocycles. The lowest BCUT2D eigenvalue weighted by molar-refractivity contribution is 0.307. The molecule has 2 aliphatic rings. The zero-order chi connectivity index (χ0) is 17.8. The molecule has 0 radical (unpaired) electrons. The Morgan fingerprint density at radius 1 is 0.923 bits per heavy atom. The lowest BCUT2D eigenvalue weighted by Crippen LogP contribution is -2.47. The summed E-state index contributed by atoms with van der Waals surface area (Å²) in [6.07, 6.45) is 14.8. The minimum atomic E-state index is 0.649. The number of aryl methyl sites for hydroxylation is 1. The lowest BCUT2D eigenvalue weighted by atomic mass is 9.93. The van der Waals surface area contributed by atoms with Gasteiger partial charge in [0.2, 0.25) is 0 Å². The summed E-state index contributed by atoms with van der Waals surface area (Å²) in [6, 6.07) is 5.40. The van der Waals surface area contributed by atoms with E-state index in [1.807, 2.05) is 12.3 Å². The van der Waals surface area contributed by atoms with Gasteiger partial charge in [0.05, 0.1) is 5.56 Å². The van der Waals surface area contributed by atoms with Crippen LogP contribution in [0.25, 0.3) is 11.4 Å². The van der Waals surface area contributed by atoms with E-state index in [0.29, 0.717) is 6.04 Å². The largest absolute Gasteiger partial charge is 0.356 e. The smallest absolute Gasteiger partial charge is 0.162 e. The van der Waals surface area contributed by atoms with Crippen LogP contribution < -0.4 is 10.2 Å². The molecule has 0 unspecified atom stereocenters. The third-order valence-electron chi connectivity index (χ3n) is 5.68. The van der Waals surface area contributed by atoms with Crippen molar-refractivity contribution in [3.63, 3.8) is 0 Å². The van der Waals surface area contributed by atoms with Gasteiger partial charge in [0.1, 0.15) is 5.82 Å². The summed E-state index contributed by atoms with van der Waals surface area (Å²) in [5.41, 5.74) is 2.19. The molecule has 5 heteroatoms. The molecule has 0 bridgehead atoms. The summed E-state index contributed by atoms with van der Waals surface area (Å²) >= 11 is 0. The third kappa shape index (κ3) is 4.04. The van der Waals surface area contributed by atoms with E-state index in [4.69, 9.17) is 4.98 Å². The molecule has 3 heterocycles. The van der Waals surface area contributed by atoms with Crippen LogP contribution in [0, 0.1) is 6.92 Å². The fraction of sp³-hybridized carbons (Fsp3) is 0.571. The first-order valence-corrected chi connectivity index (χ1v) is 10.0. The maximum atomic E-state index is 4.74. The number of nitrogens with one attached hydrogen (secondary N) is 1. The molecule has 1 N–H and O–H groups in total. The Hall–Kier alpha value is -2.01. The molecule has 0 spiro atoms. The Morgan fingerprint density at radius 3 is 2.35 bits per heavy atom. The average molecular weight is 351 g/mol. The molecule has 26 heavy (non-hydrogen) atoms. The van der Waals surface area contributed by atoms with Crippen molar-refractivity contribution in [2.75, 3.05) is 18.0 Å². The van der Waals surface area contributed by atoms with E-state index in [-0.39, 0.29) is 0 Å². The predicted molar refractivity (Wildman–Crippen MR) is 105 cm³/mol. The second-order valence-corrected chi connectivity index (χ2v) is 7.72. The second-order valence-electron chi connectivity index (χ2n) is 7.72. The molecule has 5 nitrogen and oxygen atoms in total. The van der Waals surface area contributed by atoms with Crippen molar-refractivity contribution in [1.29, 1.82) is 0 Å². The number of rotatable bonds is 4. The minimum absolute atomic E-state index is 0.649. The van der Waals surface area contributed by atoms with Crippen molar-refractivity contribution in [2.24, 2.45) is 0 Å². The first-order valence-electron chi connectivity index (χ1n) is 10.0. The number of piperidine rings is 1. The monoisotopic (exact) mass is 351 g/mol. The molecular weight excluding hydrogens is 322 g/mol. The zero-order valence-corrected chi connectivity index (χ0v) is 15.7. The number of hydrogen-bond donors (Lipinski definition) is 1. The SMILES string of the molecule is Cc1cnc(N2CCC(NC3CCCCC3)CC2)c(-c2ncccn2)c1. The van der Waals surface area contributed by atoms with Crippen LogP contribution in [0.4, 0.5) is 5.82 Å². The van der Waals surface area contributed by atoms with Crippen LogP contribution in [0.3, 0.4) is 0 Å². The van der Waals surface area contributed by atoms with Gasteiger partial charge in [0.15, 0.2) is 5.82 Å². The van der Waals surface area contributed by atoms with Crippen molar-refractivity contribution < 1.29 is 0 Å². The quantitative estimate of drug-likeness (QED) is 0.909. The fourth-order valence-electron chi connectivity index (χ4n) is 4.28. The van der Waals surface area contributed by atoms with E-state index in [1.54, 1.807) is 12.4 Å². The van der Waals surface area contributed by atoms with E-state index < -0.39 is 0 Å². The van der Waals surface area contributed by atoms with Crippen LogP contribution in [0.5, 0.6) is 0 Å².